The van der Waals surface area contributed by atoms with Crippen molar-refractivity contribution in [2.24, 2.45) is 0 Å². The summed E-state index contributed by atoms with van der Waals surface area (Å²) >= 11 is 0. The third-order valence-electron chi connectivity index (χ3n) is 6.18. The molecule has 36 heavy (non-hydrogen) atoms. The number of hydrogen-bond donors (Lipinski definition) is 1. The number of hydrogen-bond acceptors (Lipinski definition) is 6. The Morgan fingerprint density at radius 2 is 1.56 bits per heavy atom. The second kappa shape index (κ2) is 10.5. The smallest absolute Gasteiger partial charge is 0.295 e. The Bertz CT molecular complexity index is 1300. The Labute approximate surface area is 208 Å². The lowest BCUT2D eigenvalue weighted by Gasteiger charge is -2.25. The first kappa shape index (κ1) is 24.8. The van der Waals surface area contributed by atoms with E-state index in [9.17, 15) is 19.1 Å². The molecule has 1 N–H and O–H groups in total. The van der Waals surface area contributed by atoms with E-state index < -0.39 is 23.5 Å². The van der Waals surface area contributed by atoms with Gasteiger partial charge in [0, 0.05) is 12.1 Å². The van der Waals surface area contributed by atoms with E-state index in [1.807, 2.05) is 6.07 Å². The van der Waals surface area contributed by atoms with Crippen LogP contribution in [0.5, 0.6) is 17.2 Å². The van der Waals surface area contributed by atoms with E-state index in [0.717, 1.165) is 5.56 Å². The molecule has 0 bridgehead atoms. The van der Waals surface area contributed by atoms with E-state index in [2.05, 4.69) is 0 Å². The number of aliphatic hydroxyl groups is 1. The Hall–Kier alpha value is -4.33. The van der Waals surface area contributed by atoms with Crippen LogP contribution in [0.3, 0.4) is 0 Å². The van der Waals surface area contributed by atoms with E-state index in [0.29, 0.717) is 34.8 Å². The Kier molecular flexibility index (Phi) is 7.24. The highest BCUT2D eigenvalue weighted by Gasteiger charge is 2.45. The average molecular weight is 492 g/mol. The molecule has 1 amide bonds. The van der Waals surface area contributed by atoms with Gasteiger partial charge in [0.15, 0.2) is 11.5 Å². The van der Waals surface area contributed by atoms with Gasteiger partial charge in [0.1, 0.15) is 17.3 Å². The molecule has 0 aliphatic carbocycles. The molecule has 1 atom stereocenters. The number of carbonyl (C=O) groups excluding carboxylic acids is 2. The van der Waals surface area contributed by atoms with Crippen LogP contribution in [0.15, 0.2) is 72.3 Å². The predicted octanol–water partition coefficient (Wildman–Crippen LogP) is 4.52. The van der Waals surface area contributed by atoms with Gasteiger partial charge in [0.25, 0.3) is 11.7 Å². The summed E-state index contributed by atoms with van der Waals surface area (Å²) in [7, 11) is 4.60. The van der Waals surface area contributed by atoms with Crippen LogP contribution in [0, 0.1) is 5.82 Å². The molecule has 1 aliphatic heterocycles. The van der Waals surface area contributed by atoms with E-state index in [1.54, 1.807) is 43.5 Å². The van der Waals surface area contributed by atoms with Crippen molar-refractivity contribution in [1.82, 2.24) is 4.90 Å². The van der Waals surface area contributed by atoms with Gasteiger partial charge < -0.3 is 24.2 Å². The lowest BCUT2D eigenvalue weighted by molar-refractivity contribution is -0.139. The molecular formula is C28H26FNO6. The molecule has 3 aromatic carbocycles. The van der Waals surface area contributed by atoms with E-state index >= 15 is 0 Å². The number of methoxy groups -OCH3 is 3. The molecule has 0 aromatic heterocycles. The first-order valence-electron chi connectivity index (χ1n) is 11.3. The highest BCUT2D eigenvalue weighted by atomic mass is 19.1. The first-order chi connectivity index (χ1) is 17.4. The average Bonchev–Trinajstić information content (AvgIpc) is 3.16. The van der Waals surface area contributed by atoms with Gasteiger partial charge >= 0.3 is 0 Å². The molecule has 7 nitrogen and oxygen atoms in total. The number of Topliss-reactive ketones (excluding diaryl/α,β-unsaturated/α-hetero) is 1. The van der Waals surface area contributed by atoms with Crippen molar-refractivity contribution >= 4 is 17.4 Å². The summed E-state index contributed by atoms with van der Waals surface area (Å²) in [5, 5.41) is 11.1. The molecule has 4 rings (SSSR count). The standard InChI is InChI=1S/C28H26FNO6/c1-34-21-11-7-19(8-12-21)26(31)24-25(18-5-9-20(29)10-6-18)30(28(33)27(24)32)15-14-17-4-13-22(35-2)23(16-17)36-3/h4-13,16,25,31H,14-15H2,1-3H3/b26-24-. The van der Waals surface area contributed by atoms with Crippen molar-refractivity contribution in [3.8, 4) is 17.2 Å². The second-order valence-corrected chi connectivity index (χ2v) is 8.21. The minimum Gasteiger partial charge on any atom is -0.507 e. The van der Waals surface area contributed by atoms with Crippen LogP contribution in [0.25, 0.3) is 5.76 Å². The van der Waals surface area contributed by atoms with Gasteiger partial charge in [0.2, 0.25) is 0 Å². The van der Waals surface area contributed by atoms with Crippen LogP contribution in [0.1, 0.15) is 22.7 Å². The van der Waals surface area contributed by atoms with Gasteiger partial charge in [0.05, 0.1) is 32.9 Å². The molecule has 0 spiro atoms. The number of amides is 1. The van der Waals surface area contributed by atoms with Crippen molar-refractivity contribution < 1.29 is 33.3 Å². The molecule has 0 saturated carbocycles. The van der Waals surface area contributed by atoms with Crippen molar-refractivity contribution in [1.29, 1.82) is 0 Å². The van der Waals surface area contributed by atoms with Crippen LogP contribution >= 0.6 is 0 Å². The quantitative estimate of drug-likeness (QED) is 0.283. The van der Waals surface area contributed by atoms with Crippen LogP contribution in [-0.4, -0.2) is 49.6 Å². The summed E-state index contributed by atoms with van der Waals surface area (Å²) in [6.07, 6.45) is 0.410. The van der Waals surface area contributed by atoms with Gasteiger partial charge in [-0.2, -0.15) is 0 Å². The number of nitrogens with zero attached hydrogens (tertiary/aromatic N) is 1. The molecule has 0 radical (unpaired) electrons. The minimum atomic E-state index is -0.882. The highest BCUT2D eigenvalue weighted by Crippen LogP contribution is 2.40. The lowest BCUT2D eigenvalue weighted by Crippen LogP contribution is -2.31. The fourth-order valence-corrected chi connectivity index (χ4v) is 4.29. The van der Waals surface area contributed by atoms with Crippen molar-refractivity contribution in [3.05, 3.63) is 94.8 Å². The number of likely N-dealkylation sites (tertiary alicyclic amines) is 1. The number of rotatable bonds is 8. The zero-order chi connectivity index (χ0) is 25.8. The summed E-state index contributed by atoms with van der Waals surface area (Å²) in [6.45, 7) is 0.182. The summed E-state index contributed by atoms with van der Waals surface area (Å²) < 4.78 is 29.5. The molecule has 1 aliphatic rings. The number of carbonyl (C=O) groups is 2. The van der Waals surface area contributed by atoms with Crippen LogP contribution in [0.4, 0.5) is 4.39 Å². The molecule has 1 saturated heterocycles. The highest BCUT2D eigenvalue weighted by molar-refractivity contribution is 6.46. The van der Waals surface area contributed by atoms with E-state index in [-0.39, 0.29) is 17.9 Å². The number of halogens is 1. The molecule has 186 valence electrons. The van der Waals surface area contributed by atoms with Crippen LogP contribution in [-0.2, 0) is 16.0 Å². The Morgan fingerprint density at radius 1 is 0.889 bits per heavy atom. The van der Waals surface area contributed by atoms with Gasteiger partial charge in [-0.3, -0.25) is 9.59 Å². The van der Waals surface area contributed by atoms with Gasteiger partial charge in [-0.15, -0.1) is 0 Å². The van der Waals surface area contributed by atoms with Crippen molar-refractivity contribution in [3.63, 3.8) is 0 Å². The third-order valence-corrected chi connectivity index (χ3v) is 6.18. The topological polar surface area (TPSA) is 85.3 Å². The summed E-state index contributed by atoms with van der Waals surface area (Å²) in [5.74, 6) is -0.587. The molecule has 1 unspecified atom stereocenters. The van der Waals surface area contributed by atoms with E-state index in [4.69, 9.17) is 14.2 Å². The molecule has 1 fully saturated rings. The van der Waals surface area contributed by atoms with Gasteiger partial charge in [-0.1, -0.05) is 18.2 Å². The molecule has 1 heterocycles. The SMILES string of the molecule is COc1ccc(/C(O)=C2/C(=O)C(=O)N(CCc3ccc(OC)c(OC)c3)C2c2ccc(F)cc2)cc1. The maximum Gasteiger partial charge on any atom is 0.295 e. The first-order valence-corrected chi connectivity index (χ1v) is 11.3. The number of aliphatic hydroxyl groups excluding tert-OH is 1. The van der Waals surface area contributed by atoms with Crippen molar-refractivity contribution in [2.75, 3.05) is 27.9 Å². The predicted molar refractivity (Wildman–Crippen MR) is 132 cm³/mol. The third kappa shape index (κ3) is 4.75. The molecular weight excluding hydrogens is 465 g/mol. The lowest BCUT2D eigenvalue weighted by atomic mass is 9.95. The van der Waals surface area contributed by atoms with E-state index in [1.165, 1.54) is 43.4 Å². The van der Waals surface area contributed by atoms with Crippen LogP contribution < -0.4 is 14.2 Å². The van der Waals surface area contributed by atoms with Crippen molar-refractivity contribution in [2.45, 2.75) is 12.5 Å². The maximum absolute atomic E-state index is 13.7. The minimum absolute atomic E-state index is 0.0518. The number of ketones is 1. The summed E-state index contributed by atoms with van der Waals surface area (Å²) in [4.78, 5) is 27.7. The fourth-order valence-electron chi connectivity index (χ4n) is 4.29. The molecule has 8 heteroatoms. The summed E-state index contributed by atoms with van der Waals surface area (Å²) in [5.41, 5.74) is 1.69. The zero-order valence-corrected chi connectivity index (χ0v) is 20.2. The Morgan fingerprint density at radius 3 is 2.17 bits per heavy atom. The monoisotopic (exact) mass is 491 g/mol. The summed E-state index contributed by atoms with van der Waals surface area (Å²) in [6, 6.07) is 16.6. The van der Waals surface area contributed by atoms with Gasteiger partial charge in [-0.25, -0.2) is 4.39 Å². The maximum atomic E-state index is 13.7. The molecule has 3 aromatic rings. The second-order valence-electron chi connectivity index (χ2n) is 8.21. The number of ether oxygens (including phenoxy) is 3. The van der Waals surface area contributed by atoms with Gasteiger partial charge in [-0.05, 0) is 66.1 Å². The van der Waals surface area contributed by atoms with Crippen LogP contribution in [0.2, 0.25) is 0 Å². The largest absolute Gasteiger partial charge is 0.507 e. The zero-order valence-electron chi connectivity index (χ0n) is 20.2. The fraction of sp³-hybridized carbons (Fsp3) is 0.214. The normalized spacial score (nSPS) is 16.8. The number of benzene rings is 3. The Balaban J connectivity index is 1.73.